The second-order valence-electron chi connectivity index (χ2n) is 4.62. The van der Waals surface area contributed by atoms with Crippen molar-refractivity contribution in [2.75, 3.05) is 26.4 Å². The monoisotopic (exact) mass is 274 g/mol. The Morgan fingerprint density at radius 2 is 2.40 bits per heavy atom. The van der Waals surface area contributed by atoms with E-state index < -0.39 is 0 Å². The summed E-state index contributed by atoms with van der Waals surface area (Å²) in [5.41, 5.74) is 7.30. The Morgan fingerprint density at radius 3 is 3.15 bits per heavy atom. The van der Waals surface area contributed by atoms with Gasteiger partial charge in [0.1, 0.15) is 12.6 Å². The van der Waals surface area contributed by atoms with E-state index in [0.29, 0.717) is 26.3 Å². The van der Waals surface area contributed by atoms with Crippen LogP contribution in [0.1, 0.15) is 11.1 Å². The van der Waals surface area contributed by atoms with E-state index >= 15 is 0 Å². The number of ether oxygens (including phenoxy) is 1. The summed E-state index contributed by atoms with van der Waals surface area (Å²) < 4.78 is 5.30. The van der Waals surface area contributed by atoms with Crippen molar-refractivity contribution in [3.63, 3.8) is 0 Å². The van der Waals surface area contributed by atoms with Gasteiger partial charge in [-0.2, -0.15) is 0 Å². The van der Waals surface area contributed by atoms with Gasteiger partial charge in [0.15, 0.2) is 0 Å². The van der Waals surface area contributed by atoms with Gasteiger partial charge >= 0.3 is 0 Å². The third-order valence-corrected chi connectivity index (χ3v) is 3.19. The van der Waals surface area contributed by atoms with Gasteiger partial charge in [-0.3, -0.25) is 9.69 Å². The Kier molecular flexibility index (Phi) is 5.13. The third kappa shape index (κ3) is 3.81. The SMILES string of the molecule is NC(=O)C1COCCN1Cc1cccc(C#CCO)c1. The lowest BCUT2D eigenvalue weighted by molar-refractivity contribution is -0.129. The zero-order chi connectivity index (χ0) is 14.4. The Balaban J connectivity index is 2.10. The Morgan fingerprint density at radius 1 is 1.55 bits per heavy atom. The molecular formula is C15H18N2O3. The van der Waals surface area contributed by atoms with Crippen molar-refractivity contribution < 1.29 is 14.6 Å². The molecule has 1 atom stereocenters. The molecule has 1 aromatic rings. The number of aliphatic hydroxyl groups is 1. The van der Waals surface area contributed by atoms with Gasteiger partial charge in [0.2, 0.25) is 5.91 Å². The predicted molar refractivity (Wildman–Crippen MR) is 74.6 cm³/mol. The van der Waals surface area contributed by atoms with Crippen LogP contribution in [0.15, 0.2) is 24.3 Å². The number of amides is 1. The highest BCUT2D eigenvalue weighted by Crippen LogP contribution is 2.13. The quantitative estimate of drug-likeness (QED) is 0.743. The number of benzene rings is 1. The smallest absolute Gasteiger partial charge is 0.237 e. The molecule has 1 aromatic carbocycles. The minimum Gasteiger partial charge on any atom is -0.384 e. The fraction of sp³-hybridized carbons (Fsp3) is 0.400. The van der Waals surface area contributed by atoms with E-state index in [2.05, 4.69) is 11.8 Å². The molecule has 20 heavy (non-hydrogen) atoms. The first-order valence-electron chi connectivity index (χ1n) is 6.50. The van der Waals surface area contributed by atoms with Crippen LogP contribution in [0.5, 0.6) is 0 Å². The van der Waals surface area contributed by atoms with Gasteiger partial charge in [-0.25, -0.2) is 0 Å². The molecule has 0 spiro atoms. The third-order valence-electron chi connectivity index (χ3n) is 3.19. The zero-order valence-electron chi connectivity index (χ0n) is 11.2. The fourth-order valence-corrected chi connectivity index (χ4v) is 2.21. The summed E-state index contributed by atoms with van der Waals surface area (Å²) in [6.45, 7) is 2.11. The summed E-state index contributed by atoms with van der Waals surface area (Å²) >= 11 is 0. The van der Waals surface area contributed by atoms with Crippen molar-refractivity contribution in [1.82, 2.24) is 4.90 Å². The lowest BCUT2D eigenvalue weighted by atomic mass is 10.1. The summed E-state index contributed by atoms with van der Waals surface area (Å²) in [4.78, 5) is 13.4. The number of hydrogen-bond acceptors (Lipinski definition) is 4. The number of hydrogen-bond donors (Lipinski definition) is 2. The normalized spacial score (nSPS) is 19.1. The van der Waals surface area contributed by atoms with Crippen molar-refractivity contribution in [2.45, 2.75) is 12.6 Å². The molecule has 0 saturated carbocycles. The highest BCUT2D eigenvalue weighted by molar-refractivity contribution is 5.80. The number of primary amides is 1. The lowest BCUT2D eigenvalue weighted by Crippen LogP contribution is -2.51. The van der Waals surface area contributed by atoms with Crippen LogP contribution in [0.25, 0.3) is 0 Å². The van der Waals surface area contributed by atoms with Crippen LogP contribution in [-0.4, -0.2) is 48.3 Å². The molecule has 5 heteroatoms. The molecule has 1 unspecified atom stereocenters. The Hall–Kier alpha value is -1.87. The van der Waals surface area contributed by atoms with Crippen LogP contribution in [0.2, 0.25) is 0 Å². The summed E-state index contributed by atoms with van der Waals surface area (Å²) in [6, 6.07) is 7.36. The van der Waals surface area contributed by atoms with Crippen molar-refractivity contribution in [1.29, 1.82) is 0 Å². The number of nitrogens with zero attached hydrogens (tertiary/aromatic N) is 1. The molecule has 2 rings (SSSR count). The molecule has 0 aliphatic carbocycles. The maximum absolute atomic E-state index is 11.4. The number of rotatable bonds is 3. The number of morpholine rings is 1. The van der Waals surface area contributed by atoms with E-state index in [1.807, 2.05) is 29.2 Å². The molecule has 1 saturated heterocycles. The number of carbonyl (C=O) groups excluding carboxylic acids is 1. The average molecular weight is 274 g/mol. The van der Waals surface area contributed by atoms with Gasteiger partial charge < -0.3 is 15.6 Å². The van der Waals surface area contributed by atoms with E-state index in [1.165, 1.54) is 0 Å². The molecule has 1 fully saturated rings. The number of nitrogens with two attached hydrogens (primary N) is 1. The van der Waals surface area contributed by atoms with Gasteiger partial charge in [0.05, 0.1) is 13.2 Å². The van der Waals surface area contributed by atoms with Crippen LogP contribution in [0.3, 0.4) is 0 Å². The summed E-state index contributed by atoms with van der Waals surface area (Å²) in [5.74, 6) is 5.13. The minimum atomic E-state index is -0.379. The first-order valence-corrected chi connectivity index (χ1v) is 6.50. The maximum Gasteiger partial charge on any atom is 0.237 e. The van der Waals surface area contributed by atoms with Gasteiger partial charge in [-0.05, 0) is 17.7 Å². The van der Waals surface area contributed by atoms with Crippen LogP contribution < -0.4 is 5.73 Å². The predicted octanol–water partition coefficient (Wildman–Crippen LogP) is -0.283. The molecule has 0 radical (unpaired) electrons. The largest absolute Gasteiger partial charge is 0.384 e. The van der Waals surface area contributed by atoms with Gasteiger partial charge in [-0.15, -0.1) is 0 Å². The molecule has 3 N–H and O–H groups in total. The summed E-state index contributed by atoms with van der Waals surface area (Å²) in [6.07, 6.45) is 0. The molecule has 1 heterocycles. The molecule has 5 nitrogen and oxygen atoms in total. The average Bonchev–Trinajstić information content (AvgIpc) is 2.46. The second kappa shape index (κ2) is 7.06. The van der Waals surface area contributed by atoms with Gasteiger partial charge in [0, 0.05) is 18.7 Å². The van der Waals surface area contributed by atoms with Crippen LogP contribution >= 0.6 is 0 Å². The topological polar surface area (TPSA) is 75.8 Å². The van der Waals surface area contributed by atoms with Crippen molar-refractivity contribution in [3.8, 4) is 11.8 Å². The molecule has 0 bridgehead atoms. The van der Waals surface area contributed by atoms with E-state index in [-0.39, 0.29) is 18.6 Å². The van der Waals surface area contributed by atoms with Crippen molar-refractivity contribution in [3.05, 3.63) is 35.4 Å². The zero-order valence-corrected chi connectivity index (χ0v) is 11.2. The van der Waals surface area contributed by atoms with E-state index in [0.717, 1.165) is 11.1 Å². The fourth-order valence-electron chi connectivity index (χ4n) is 2.21. The molecule has 1 amide bonds. The highest BCUT2D eigenvalue weighted by Gasteiger charge is 2.27. The van der Waals surface area contributed by atoms with Crippen LogP contribution in [0.4, 0.5) is 0 Å². The van der Waals surface area contributed by atoms with Crippen LogP contribution in [0, 0.1) is 11.8 Å². The van der Waals surface area contributed by atoms with Crippen molar-refractivity contribution >= 4 is 5.91 Å². The summed E-state index contributed by atoms with van der Waals surface area (Å²) in [7, 11) is 0. The van der Waals surface area contributed by atoms with Crippen molar-refractivity contribution in [2.24, 2.45) is 5.73 Å². The molecule has 1 aliphatic rings. The lowest BCUT2D eigenvalue weighted by Gasteiger charge is -2.33. The van der Waals surface area contributed by atoms with E-state index in [1.54, 1.807) is 0 Å². The summed E-state index contributed by atoms with van der Waals surface area (Å²) in [5, 5.41) is 8.71. The number of carbonyl (C=O) groups is 1. The first kappa shape index (κ1) is 14.5. The molecular weight excluding hydrogens is 256 g/mol. The highest BCUT2D eigenvalue weighted by atomic mass is 16.5. The van der Waals surface area contributed by atoms with Gasteiger partial charge in [0.25, 0.3) is 0 Å². The molecule has 1 aliphatic heterocycles. The Bertz CT molecular complexity index is 533. The van der Waals surface area contributed by atoms with E-state index in [4.69, 9.17) is 15.6 Å². The van der Waals surface area contributed by atoms with Gasteiger partial charge in [-0.1, -0.05) is 24.0 Å². The standard InChI is InChI=1S/C15H18N2O3/c16-15(19)14-11-20-8-6-17(14)10-13-4-1-3-12(9-13)5-2-7-18/h1,3-4,9,14,18H,6-8,10-11H2,(H2,16,19). The first-order chi connectivity index (χ1) is 9.70. The van der Waals surface area contributed by atoms with Crippen LogP contribution in [-0.2, 0) is 16.1 Å². The number of aliphatic hydroxyl groups excluding tert-OH is 1. The Labute approximate surface area is 118 Å². The van der Waals surface area contributed by atoms with E-state index in [9.17, 15) is 4.79 Å². The molecule has 106 valence electrons. The molecule has 0 aromatic heterocycles. The maximum atomic E-state index is 11.4. The second-order valence-corrected chi connectivity index (χ2v) is 4.62. The minimum absolute atomic E-state index is 0.155.